The van der Waals surface area contributed by atoms with E-state index in [0.29, 0.717) is 29.0 Å². The Bertz CT molecular complexity index is 741. The smallest absolute Gasteiger partial charge is 0.364 e. The predicted octanol–water partition coefficient (Wildman–Crippen LogP) is 2.44. The SMILES string of the molecule is COc1cc(C=O)ccc1OC(=O)c1nc(C)c(C)nc1C. The lowest BCUT2D eigenvalue weighted by Gasteiger charge is -2.11. The van der Waals surface area contributed by atoms with Crippen LogP contribution in [0.25, 0.3) is 0 Å². The highest BCUT2D eigenvalue weighted by atomic mass is 16.6. The molecule has 2 aromatic rings. The molecule has 2 rings (SSSR count). The van der Waals surface area contributed by atoms with Gasteiger partial charge in [-0.15, -0.1) is 0 Å². The third-order valence-corrected chi connectivity index (χ3v) is 3.20. The van der Waals surface area contributed by atoms with Crippen molar-refractivity contribution >= 4 is 12.3 Å². The van der Waals surface area contributed by atoms with Gasteiger partial charge in [-0.1, -0.05) is 0 Å². The van der Waals surface area contributed by atoms with E-state index in [0.717, 1.165) is 5.69 Å². The number of ether oxygens (including phenoxy) is 2. The lowest BCUT2D eigenvalue weighted by Crippen LogP contribution is -2.15. The minimum atomic E-state index is -0.620. The fourth-order valence-corrected chi connectivity index (χ4v) is 1.90. The number of rotatable bonds is 4. The van der Waals surface area contributed by atoms with Crippen molar-refractivity contribution in [2.75, 3.05) is 7.11 Å². The maximum atomic E-state index is 12.3. The second-order valence-corrected chi connectivity index (χ2v) is 4.75. The summed E-state index contributed by atoms with van der Waals surface area (Å²) in [6.45, 7) is 5.30. The summed E-state index contributed by atoms with van der Waals surface area (Å²) in [4.78, 5) is 31.5. The molecule has 0 spiro atoms. The zero-order chi connectivity index (χ0) is 16.3. The summed E-state index contributed by atoms with van der Waals surface area (Å²) < 4.78 is 10.4. The number of aldehydes is 1. The van der Waals surface area contributed by atoms with Gasteiger partial charge in [-0.05, 0) is 39.0 Å². The van der Waals surface area contributed by atoms with E-state index in [2.05, 4.69) is 9.97 Å². The van der Waals surface area contributed by atoms with Gasteiger partial charge in [0.1, 0.15) is 6.29 Å². The van der Waals surface area contributed by atoms with Crippen LogP contribution in [0.4, 0.5) is 0 Å². The molecule has 1 aromatic heterocycles. The van der Waals surface area contributed by atoms with Crippen LogP contribution in [0.1, 0.15) is 37.9 Å². The van der Waals surface area contributed by atoms with E-state index in [-0.39, 0.29) is 11.4 Å². The Morgan fingerprint density at radius 1 is 1.05 bits per heavy atom. The van der Waals surface area contributed by atoms with Crippen LogP contribution in [0, 0.1) is 20.8 Å². The third-order valence-electron chi connectivity index (χ3n) is 3.20. The van der Waals surface area contributed by atoms with Gasteiger partial charge in [-0.3, -0.25) is 9.78 Å². The number of hydrogen-bond donors (Lipinski definition) is 0. The molecular weight excluding hydrogens is 284 g/mol. The van der Waals surface area contributed by atoms with Crippen LogP contribution in [-0.2, 0) is 0 Å². The largest absolute Gasteiger partial charge is 0.493 e. The number of methoxy groups -OCH3 is 1. The van der Waals surface area contributed by atoms with Crippen LogP contribution in [0.5, 0.6) is 11.5 Å². The molecule has 0 radical (unpaired) electrons. The number of carbonyl (C=O) groups excluding carboxylic acids is 2. The van der Waals surface area contributed by atoms with Crippen molar-refractivity contribution < 1.29 is 19.1 Å². The van der Waals surface area contributed by atoms with Gasteiger partial charge in [0.25, 0.3) is 0 Å². The minimum Gasteiger partial charge on any atom is -0.493 e. The van der Waals surface area contributed by atoms with E-state index in [9.17, 15) is 9.59 Å². The predicted molar refractivity (Wildman–Crippen MR) is 79.6 cm³/mol. The fraction of sp³-hybridized carbons (Fsp3) is 0.250. The third kappa shape index (κ3) is 3.11. The van der Waals surface area contributed by atoms with Crippen LogP contribution < -0.4 is 9.47 Å². The van der Waals surface area contributed by atoms with Gasteiger partial charge < -0.3 is 9.47 Å². The highest BCUT2D eigenvalue weighted by molar-refractivity contribution is 5.90. The van der Waals surface area contributed by atoms with E-state index >= 15 is 0 Å². The van der Waals surface area contributed by atoms with Crippen molar-refractivity contribution in [2.45, 2.75) is 20.8 Å². The summed E-state index contributed by atoms with van der Waals surface area (Å²) in [6, 6.07) is 4.54. The molecule has 0 N–H and O–H groups in total. The maximum Gasteiger partial charge on any atom is 0.364 e. The van der Waals surface area contributed by atoms with Crippen LogP contribution in [0.3, 0.4) is 0 Å². The molecule has 6 heteroatoms. The standard InChI is InChI=1S/C16H16N2O4/c1-9-10(2)18-15(11(3)17-9)16(20)22-13-6-5-12(8-19)7-14(13)21-4/h5-8H,1-4H3. The first kappa shape index (κ1) is 15.6. The number of carbonyl (C=O) groups is 2. The number of hydrogen-bond acceptors (Lipinski definition) is 6. The molecule has 0 saturated carbocycles. The summed E-state index contributed by atoms with van der Waals surface area (Å²) in [7, 11) is 1.43. The molecule has 0 saturated heterocycles. The van der Waals surface area contributed by atoms with Crippen molar-refractivity contribution in [3.8, 4) is 11.5 Å². The van der Waals surface area contributed by atoms with E-state index in [1.54, 1.807) is 13.8 Å². The van der Waals surface area contributed by atoms with E-state index < -0.39 is 5.97 Å². The van der Waals surface area contributed by atoms with Gasteiger partial charge in [-0.25, -0.2) is 9.78 Å². The molecular formula is C16H16N2O4. The lowest BCUT2D eigenvalue weighted by molar-refractivity contribution is 0.0721. The topological polar surface area (TPSA) is 78.4 Å². The summed E-state index contributed by atoms with van der Waals surface area (Å²) >= 11 is 0. The highest BCUT2D eigenvalue weighted by Crippen LogP contribution is 2.28. The molecule has 1 aromatic carbocycles. The van der Waals surface area contributed by atoms with Gasteiger partial charge in [0, 0.05) is 5.56 Å². The Hall–Kier alpha value is -2.76. The summed E-state index contributed by atoms with van der Waals surface area (Å²) in [5.74, 6) is -0.102. The average molecular weight is 300 g/mol. The first-order valence-electron chi connectivity index (χ1n) is 6.63. The summed E-state index contributed by atoms with van der Waals surface area (Å²) in [5.41, 5.74) is 2.52. The fourth-order valence-electron chi connectivity index (χ4n) is 1.90. The van der Waals surface area contributed by atoms with Crippen LogP contribution >= 0.6 is 0 Å². The second-order valence-electron chi connectivity index (χ2n) is 4.75. The van der Waals surface area contributed by atoms with Crippen molar-refractivity contribution in [3.63, 3.8) is 0 Å². The van der Waals surface area contributed by atoms with E-state index in [1.807, 2.05) is 6.92 Å². The monoisotopic (exact) mass is 300 g/mol. The second kappa shape index (κ2) is 6.34. The molecule has 0 amide bonds. The van der Waals surface area contributed by atoms with Crippen molar-refractivity contribution in [1.29, 1.82) is 0 Å². The van der Waals surface area contributed by atoms with Crippen LogP contribution in [-0.4, -0.2) is 29.3 Å². The molecule has 1 heterocycles. The number of aromatic nitrogens is 2. The minimum absolute atomic E-state index is 0.157. The Balaban J connectivity index is 2.33. The van der Waals surface area contributed by atoms with Crippen molar-refractivity contribution in [1.82, 2.24) is 9.97 Å². The van der Waals surface area contributed by atoms with Crippen molar-refractivity contribution in [2.24, 2.45) is 0 Å². The number of benzene rings is 1. The van der Waals surface area contributed by atoms with E-state index in [1.165, 1.54) is 25.3 Å². The molecule has 0 atom stereocenters. The van der Waals surface area contributed by atoms with Crippen LogP contribution in [0.2, 0.25) is 0 Å². The lowest BCUT2D eigenvalue weighted by atomic mass is 10.2. The quantitative estimate of drug-likeness (QED) is 0.490. The number of esters is 1. The number of nitrogens with zero attached hydrogens (tertiary/aromatic N) is 2. The molecule has 0 aliphatic carbocycles. The summed E-state index contributed by atoms with van der Waals surface area (Å²) in [6.07, 6.45) is 0.688. The average Bonchev–Trinajstić information content (AvgIpc) is 2.51. The zero-order valence-corrected chi connectivity index (χ0v) is 12.8. The molecule has 0 bridgehead atoms. The first-order valence-corrected chi connectivity index (χ1v) is 6.63. The molecule has 0 aliphatic rings. The Morgan fingerprint density at radius 3 is 2.36 bits per heavy atom. The van der Waals surface area contributed by atoms with Gasteiger partial charge in [0.05, 0.1) is 24.2 Å². The first-order chi connectivity index (χ1) is 10.5. The van der Waals surface area contributed by atoms with Gasteiger partial charge >= 0.3 is 5.97 Å². The Morgan fingerprint density at radius 2 is 1.73 bits per heavy atom. The molecule has 0 unspecified atom stereocenters. The molecule has 114 valence electrons. The molecule has 6 nitrogen and oxygen atoms in total. The Labute approximate surface area is 128 Å². The van der Waals surface area contributed by atoms with Crippen LogP contribution in [0.15, 0.2) is 18.2 Å². The Kier molecular flexibility index (Phi) is 4.50. The highest BCUT2D eigenvalue weighted by Gasteiger charge is 2.18. The summed E-state index contributed by atoms with van der Waals surface area (Å²) in [5, 5.41) is 0. The zero-order valence-electron chi connectivity index (χ0n) is 12.8. The maximum absolute atomic E-state index is 12.3. The number of aryl methyl sites for hydroxylation is 3. The normalized spacial score (nSPS) is 10.2. The van der Waals surface area contributed by atoms with Gasteiger partial charge in [0.2, 0.25) is 0 Å². The van der Waals surface area contributed by atoms with Gasteiger partial charge in [0.15, 0.2) is 17.2 Å². The van der Waals surface area contributed by atoms with Gasteiger partial charge in [-0.2, -0.15) is 0 Å². The molecule has 0 aliphatic heterocycles. The van der Waals surface area contributed by atoms with Crippen molar-refractivity contribution in [3.05, 3.63) is 46.5 Å². The molecule has 0 fully saturated rings. The molecule has 22 heavy (non-hydrogen) atoms. The van der Waals surface area contributed by atoms with E-state index in [4.69, 9.17) is 9.47 Å².